The van der Waals surface area contributed by atoms with Crippen LogP contribution in [-0.4, -0.2) is 10.2 Å². The van der Waals surface area contributed by atoms with Crippen molar-refractivity contribution in [2.24, 2.45) is 0 Å². The number of ether oxygens (including phenoxy) is 1. The van der Waals surface area contributed by atoms with Gasteiger partial charge in [-0.05, 0) is 42.0 Å². The summed E-state index contributed by atoms with van der Waals surface area (Å²) in [4.78, 5) is 0. The topological polar surface area (TPSA) is 49.7 Å². The third-order valence-corrected chi connectivity index (χ3v) is 3.40. The van der Waals surface area contributed by atoms with Crippen LogP contribution in [0.15, 0.2) is 72.8 Å². The predicted molar refractivity (Wildman–Crippen MR) is 85.5 cm³/mol. The Morgan fingerprint density at radius 3 is 2.09 bits per heavy atom. The lowest BCUT2D eigenvalue weighted by Crippen LogP contribution is -1.91. The molecule has 0 heterocycles. The van der Waals surface area contributed by atoms with Crippen molar-refractivity contribution >= 4 is 0 Å². The average molecular weight is 292 g/mol. The molecule has 110 valence electrons. The molecule has 2 N–H and O–H groups in total. The molecule has 3 aromatic rings. The first-order chi connectivity index (χ1) is 10.7. The van der Waals surface area contributed by atoms with Crippen LogP contribution in [0.2, 0.25) is 0 Å². The van der Waals surface area contributed by atoms with Gasteiger partial charge in [0, 0.05) is 12.0 Å². The molecule has 0 saturated carbocycles. The van der Waals surface area contributed by atoms with Crippen molar-refractivity contribution in [2.75, 3.05) is 0 Å². The lowest BCUT2D eigenvalue weighted by Gasteiger charge is -2.10. The van der Waals surface area contributed by atoms with E-state index in [0.717, 1.165) is 11.3 Å². The molecule has 0 bridgehead atoms. The second kappa shape index (κ2) is 6.22. The molecule has 0 spiro atoms. The van der Waals surface area contributed by atoms with E-state index >= 15 is 0 Å². The molecule has 0 unspecified atom stereocenters. The average Bonchev–Trinajstić information content (AvgIpc) is 2.54. The van der Waals surface area contributed by atoms with E-state index < -0.39 is 0 Å². The van der Waals surface area contributed by atoms with Crippen molar-refractivity contribution in [1.29, 1.82) is 0 Å². The molecular formula is C19H16O3. The Bertz CT molecular complexity index is 767. The summed E-state index contributed by atoms with van der Waals surface area (Å²) in [5.74, 6) is 1.79. The Balaban J connectivity index is 1.86. The zero-order valence-corrected chi connectivity index (χ0v) is 11.9. The van der Waals surface area contributed by atoms with Crippen LogP contribution in [0.4, 0.5) is 0 Å². The minimum absolute atomic E-state index is 0.184. The molecule has 3 nitrogen and oxygen atoms in total. The highest BCUT2D eigenvalue weighted by Gasteiger charge is 2.08. The second-order valence-electron chi connectivity index (χ2n) is 5.01. The van der Waals surface area contributed by atoms with Gasteiger partial charge in [0.2, 0.25) is 0 Å². The number of phenols is 2. The Morgan fingerprint density at radius 1 is 0.636 bits per heavy atom. The number of hydrogen-bond donors (Lipinski definition) is 2. The van der Waals surface area contributed by atoms with Crippen LogP contribution in [0.3, 0.4) is 0 Å². The van der Waals surface area contributed by atoms with E-state index in [1.54, 1.807) is 30.3 Å². The summed E-state index contributed by atoms with van der Waals surface area (Å²) in [6.07, 6.45) is 0.435. The van der Waals surface area contributed by atoms with Crippen molar-refractivity contribution in [3.8, 4) is 23.0 Å². The molecule has 0 saturated heterocycles. The zero-order valence-electron chi connectivity index (χ0n) is 11.9. The first-order valence-corrected chi connectivity index (χ1v) is 7.04. The number of hydrogen-bond acceptors (Lipinski definition) is 3. The van der Waals surface area contributed by atoms with Crippen LogP contribution in [0.5, 0.6) is 23.0 Å². The number of rotatable bonds is 4. The van der Waals surface area contributed by atoms with Gasteiger partial charge in [0.05, 0.1) is 0 Å². The molecule has 0 aliphatic carbocycles. The molecule has 0 fully saturated rings. The molecule has 0 aliphatic rings. The third-order valence-electron chi connectivity index (χ3n) is 3.40. The zero-order chi connectivity index (χ0) is 15.4. The van der Waals surface area contributed by atoms with Crippen molar-refractivity contribution in [3.05, 3.63) is 83.9 Å². The van der Waals surface area contributed by atoms with Gasteiger partial charge in [0.15, 0.2) is 0 Å². The van der Waals surface area contributed by atoms with Gasteiger partial charge in [-0.15, -0.1) is 0 Å². The highest BCUT2D eigenvalue weighted by molar-refractivity contribution is 5.45. The first-order valence-electron chi connectivity index (χ1n) is 7.04. The minimum atomic E-state index is 0.184. The highest BCUT2D eigenvalue weighted by Crippen LogP contribution is 2.30. The lowest BCUT2D eigenvalue weighted by atomic mass is 10.0. The monoisotopic (exact) mass is 292 g/mol. The molecular weight excluding hydrogens is 276 g/mol. The SMILES string of the molecule is Oc1ccccc1Cc1cc(Oc2ccccc2)ccc1O. The highest BCUT2D eigenvalue weighted by atomic mass is 16.5. The number of benzene rings is 3. The fourth-order valence-electron chi connectivity index (χ4n) is 2.26. The van der Waals surface area contributed by atoms with Gasteiger partial charge in [-0.2, -0.15) is 0 Å². The first kappa shape index (κ1) is 14.0. The van der Waals surface area contributed by atoms with Crippen LogP contribution in [0.25, 0.3) is 0 Å². The Morgan fingerprint density at radius 2 is 1.32 bits per heavy atom. The summed E-state index contributed by atoms with van der Waals surface area (Å²) in [5, 5.41) is 19.9. The van der Waals surface area contributed by atoms with Gasteiger partial charge in [-0.1, -0.05) is 36.4 Å². The lowest BCUT2D eigenvalue weighted by molar-refractivity contribution is 0.456. The van der Waals surface area contributed by atoms with Gasteiger partial charge in [-0.3, -0.25) is 0 Å². The maximum Gasteiger partial charge on any atom is 0.127 e. The van der Waals surface area contributed by atoms with E-state index in [2.05, 4.69) is 0 Å². The van der Waals surface area contributed by atoms with Crippen LogP contribution < -0.4 is 4.74 Å². The van der Waals surface area contributed by atoms with Crippen LogP contribution in [-0.2, 0) is 6.42 Å². The molecule has 0 aliphatic heterocycles. The van der Waals surface area contributed by atoms with Gasteiger partial charge in [0.25, 0.3) is 0 Å². The normalized spacial score (nSPS) is 10.4. The van der Waals surface area contributed by atoms with Crippen LogP contribution >= 0.6 is 0 Å². The Kier molecular flexibility index (Phi) is 3.97. The summed E-state index contributed by atoms with van der Waals surface area (Å²) in [7, 11) is 0. The van der Waals surface area contributed by atoms with Crippen molar-refractivity contribution in [1.82, 2.24) is 0 Å². The van der Waals surface area contributed by atoms with E-state index in [9.17, 15) is 10.2 Å². The van der Waals surface area contributed by atoms with E-state index in [1.165, 1.54) is 0 Å². The number of aromatic hydroxyl groups is 2. The Hall–Kier alpha value is -2.94. The molecule has 0 aromatic heterocycles. The maximum absolute atomic E-state index is 10.0. The predicted octanol–water partition coefficient (Wildman–Crippen LogP) is 4.48. The van der Waals surface area contributed by atoms with Gasteiger partial charge in [0.1, 0.15) is 23.0 Å². The summed E-state index contributed by atoms with van der Waals surface area (Å²) >= 11 is 0. The fourth-order valence-corrected chi connectivity index (χ4v) is 2.26. The quantitative estimate of drug-likeness (QED) is 0.745. The van der Waals surface area contributed by atoms with Gasteiger partial charge in [-0.25, -0.2) is 0 Å². The minimum Gasteiger partial charge on any atom is -0.508 e. The molecule has 3 aromatic carbocycles. The smallest absolute Gasteiger partial charge is 0.127 e. The standard InChI is InChI=1S/C19H16O3/c20-18-9-5-4-6-14(18)12-15-13-17(10-11-19(15)21)22-16-7-2-1-3-8-16/h1-11,13,20-21H,12H2. The molecule has 0 radical (unpaired) electrons. The largest absolute Gasteiger partial charge is 0.508 e. The van der Waals surface area contributed by atoms with E-state index in [-0.39, 0.29) is 11.5 Å². The van der Waals surface area contributed by atoms with Crippen LogP contribution in [0.1, 0.15) is 11.1 Å². The summed E-state index contributed by atoms with van der Waals surface area (Å²) in [6.45, 7) is 0. The van der Waals surface area contributed by atoms with Gasteiger partial charge < -0.3 is 14.9 Å². The second-order valence-corrected chi connectivity index (χ2v) is 5.01. The summed E-state index contributed by atoms with van der Waals surface area (Å²) in [6, 6.07) is 21.7. The van der Waals surface area contributed by atoms with E-state index in [1.807, 2.05) is 42.5 Å². The number of para-hydroxylation sites is 2. The molecule has 22 heavy (non-hydrogen) atoms. The Labute approximate surface area is 129 Å². The van der Waals surface area contributed by atoms with Crippen LogP contribution in [0, 0.1) is 0 Å². The van der Waals surface area contributed by atoms with Gasteiger partial charge >= 0.3 is 0 Å². The molecule has 0 amide bonds. The van der Waals surface area contributed by atoms with E-state index in [4.69, 9.17) is 4.74 Å². The molecule has 3 heteroatoms. The van der Waals surface area contributed by atoms with Crippen molar-refractivity contribution in [2.45, 2.75) is 6.42 Å². The van der Waals surface area contributed by atoms with Crippen molar-refractivity contribution < 1.29 is 14.9 Å². The maximum atomic E-state index is 10.0. The molecule has 3 rings (SSSR count). The summed E-state index contributed by atoms with van der Waals surface area (Å²) in [5.41, 5.74) is 1.46. The third kappa shape index (κ3) is 3.20. The van der Waals surface area contributed by atoms with Crippen molar-refractivity contribution in [3.63, 3.8) is 0 Å². The number of phenolic OH excluding ortho intramolecular Hbond substituents is 2. The van der Waals surface area contributed by atoms with E-state index in [0.29, 0.717) is 17.7 Å². The molecule has 0 atom stereocenters. The fraction of sp³-hybridized carbons (Fsp3) is 0.0526. The summed E-state index contributed by atoms with van der Waals surface area (Å²) < 4.78 is 5.77.